The first-order valence-corrected chi connectivity index (χ1v) is 8.37. The van der Waals surface area contributed by atoms with E-state index in [1.807, 2.05) is 6.92 Å². The molecule has 0 unspecified atom stereocenters. The van der Waals surface area contributed by atoms with Gasteiger partial charge in [0.1, 0.15) is 0 Å². The predicted octanol–water partition coefficient (Wildman–Crippen LogP) is 3.93. The summed E-state index contributed by atoms with van der Waals surface area (Å²) in [5.41, 5.74) is -0.923. The zero-order valence-corrected chi connectivity index (χ0v) is 14.4. The number of carbonyl (C=O) groups is 1. The number of amides is 1. The monoisotopic (exact) mass is 387 g/mol. The van der Waals surface area contributed by atoms with Gasteiger partial charge >= 0.3 is 12.1 Å². The normalized spacial score (nSPS) is 15.6. The van der Waals surface area contributed by atoms with Crippen LogP contribution in [0.3, 0.4) is 0 Å². The van der Waals surface area contributed by atoms with Gasteiger partial charge in [-0.2, -0.15) is 18.2 Å². The Morgan fingerprint density at radius 3 is 2.48 bits per heavy atom. The molecule has 27 heavy (non-hydrogen) atoms. The highest BCUT2D eigenvalue weighted by Crippen LogP contribution is 2.41. The van der Waals surface area contributed by atoms with Gasteiger partial charge in [0.15, 0.2) is 5.67 Å². The number of carbonyl (C=O) groups excluding carboxylic acids is 1. The fraction of sp³-hybridized carbons (Fsp3) is 0.471. The molecule has 0 atom stereocenters. The van der Waals surface area contributed by atoms with E-state index in [1.54, 1.807) is 12.1 Å². The molecule has 0 saturated heterocycles. The molecule has 1 heterocycles. The number of halogens is 4. The minimum Gasteiger partial charge on any atom is -0.329 e. The van der Waals surface area contributed by atoms with Crippen molar-refractivity contribution in [3.05, 3.63) is 35.7 Å². The van der Waals surface area contributed by atoms with Gasteiger partial charge in [0, 0.05) is 5.56 Å². The molecule has 1 aromatic carbocycles. The molecule has 2 aromatic rings. The second-order valence-electron chi connectivity index (χ2n) is 6.26. The van der Waals surface area contributed by atoms with Gasteiger partial charge in [-0.25, -0.2) is 9.45 Å². The van der Waals surface area contributed by atoms with Crippen molar-refractivity contribution in [2.45, 2.75) is 44.6 Å². The quantitative estimate of drug-likeness (QED) is 0.532. The maximum Gasteiger partial charge on any atom is 0.471 e. The largest absolute Gasteiger partial charge is 0.471 e. The Morgan fingerprint density at radius 1 is 1.30 bits per heavy atom. The van der Waals surface area contributed by atoms with Crippen LogP contribution in [0.25, 0.3) is 11.4 Å². The second kappa shape index (κ2) is 7.26. The molecule has 146 valence electrons. The molecule has 1 aliphatic carbocycles. The minimum atomic E-state index is -4.71. The lowest BCUT2D eigenvalue weighted by atomic mass is 10.1. The van der Waals surface area contributed by atoms with E-state index in [1.165, 1.54) is 12.1 Å². The molecule has 0 spiro atoms. The van der Waals surface area contributed by atoms with Gasteiger partial charge in [0.05, 0.1) is 13.2 Å². The van der Waals surface area contributed by atoms with E-state index in [-0.39, 0.29) is 31.8 Å². The van der Waals surface area contributed by atoms with E-state index >= 15 is 0 Å². The van der Waals surface area contributed by atoms with E-state index in [9.17, 15) is 22.4 Å². The lowest BCUT2D eigenvalue weighted by Gasteiger charge is -2.23. The summed E-state index contributed by atoms with van der Waals surface area (Å²) >= 11 is 0. The lowest BCUT2D eigenvalue weighted by molar-refractivity contribution is -0.197. The van der Waals surface area contributed by atoms with Crippen molar-refractivity contribution in [3.63, 3.8) is 0 Å². The zero-order chi connectivity index (χ0) is 19.7. The molecular weight excluding hydrogens is 370 g/mol. The molecule has 0 radical (unpaired) electrons. The summed E-state index contributed by atoms with van der Waals surface area (Å²) in [6.07, 6.45) is -3.71. The van der Waals surface area contributed by atoms with Crippen LogP contribution in [0.4, 0.5) is 17.6 Å². The van der Waals surface area contributed by atoms with Crippen molar-refractivity contribution >= 4 is 5.91 Å². The van der Waals surface area contributed by atoms with Crippen LogP contribution in [0, 0.1) is 0 Å². The summed E-state index contributed by atoms with van der Waals surface area (Å²) in [5, 5.41) is 4.31. The Kier molecular flexibility index (Phi) is 5.18. The standard InChI is InChI=1S/C17H17F4N3O3/c1-2-9-26-24(15(25)16(18)7-8-16)10-11-3-5-12(6-4-11)13-22-14(27-23-13)17(19,20)21/h3-6H,2,7-10H2,1H3. The first-order valence-electron chi connectivity index (χ1n) is 8.37. The number of rotatable bonds is 7. The van der Waals surface area contributed by atoms with Crippen LogP contribution in [-0.2, 0) is 22.4 Å². The lowest BCUT2D eigenvalue weighted by Crippen LogP contribution is -2.38. The third kappa shape index (κ3) is 4.44. The maximum atomic E-state index is 14.1. The predicted molar refractivity (Wildman–Crippen MR) is 84.6 cm³/mol. The minimum absolute atomic E-state index is 0.0187. The maximum absolute atomic E-state index is 14.1. The van der Waals surface area contributed by atoms with Crippen molar-refractivity contribution in [1.29, 1.82) is 0 Å². The number of nitrogens with zero attached hydrogens (tertiary/aromatic N) is 3. The Balaban J connectivity index is 1.71. The van der Waals surface area contributed by atoms with E-state index in [0.29, 0.717) is 17.5 Å². The van der Waals surface area contributed by atoms with Gasteiger partial charge in [-0.05, 0) is 24.8 Å². The number of alkyl halides is 4. The van der Waals surface area contributed by atoms with Crippen LogP contribution < -0.4 is 0 Å². The number of aromatic nitrogens is 2. The molecule has 1 aromatic heterocycles. The van der Waals surface area contributed by atoms with Crippen molar-refractivity contribution in [2.75, 3.05) is 6.61 Å². The van der Waals surface area contributed by atoms with Crippen molar-refractivity contribution < 1.29 is 31.7 Å². The van der Waals surface area contributed by atoms with Gasteiger partial charge in [0.25, 0.3) is 5.91 Å². The molecule has 10 heteroatoms. The smallest absolute Gasteiger partial charge is 0.329 e. The van der Waals surface area contributed by atoms with E-state index in [2.05, 4.69) is 14.7 Å². The molecule has 1 saturated carbocycles. The Labute approximate surface area is 152 Å². The van der Waals surface area contributed by atoms with E-state index in [0.717, 1.165) is 5.06 Å². The first-order chi connectivity index (χ1) is 12.7. The van der Waals surface area contributed by atoms with Gasteiger partial charge in [-0.1, -0.05) is 36.3 Å². The summed E-state index contributed by atoms with van der Waals surface area (Å²) in [6.45, 7) is 2.15. The van der Waals surface area contributed by atoms with Crippen LogP contribution in [0.5, 0.6) is 0 Å². The number of hydrogen-bond donors (Lipinski definition) is 0. The third-order valence-electron chi connectivity index (χ3n) is 3.96. The molecule has 1 amide bonds. The Hall–Kier alpha value is -2.49. The second-order valence-corrected chi connectivity index (χ2v) is 6.26. The van der Waals surface area contributed by atoms with Gasteiger partial charge in [0.2, 0.25) is 5.82 Å². The number of benzene rings is 1. The fourth-order valence-corrected chi connectivity index (χ4v) is 2.31. The average molecular weight is 387 g/mol. The highest BCUT2D eigenvalue weighted by Gasteiger charge is 2.53. The topological polar surface area (TPSA) is 68.5 Å². The van der Waals surface area contributed by atoms with Crippen molar-refractivity contribution in [1.82, 2.24) is 15.2 Å². The van der Waals surface area contributed by atoms with Gasteiger partial charge in [-0.3, -0.25) is 9.63 Å². The summed E-state index contributed by atoms with van der Waals surface area (Å²) < 4.78 is 55.8. The number of hydroxylamine groups is 2. The Morgan fingerprint density at radius 2 is 1.96 bits per heavy atom. The number of hydrogen-bond acceptors (Lipinski definition) is 5. The van der Waals surface area contributed by atoms with E-state index in [4.69, 9.17) is 4.84 Å². The van der Waals surface area contributed by atoms with Crippen LogP contribution >= 0.6 is 0 Å². The van der Waals surface area contributed by atoms with Crippen molar-refractivity contribution in [3.8, 4) is 11.4 Å². The Bertz CT molecular complexity index is 801. The van der Waals surface area contributed by atoms with Crippen LogP contribution in [-0.4, -0.2) is 33.4 Å². The fourth-order valence-electron chi connectivity index (χ4n) is 2.31. The molecule has 0 bridgehead atoms. The molecular formula is C17H17F4N3O3. The highest BCUT2D eigenvalue weighted by atomic mass is 19.4. The molecule has 0 aliphatic heterocycles. The van der Waals surface area contributed by atoms with Crippen LogP contribution in [0.15, 0.2) is 28.8 Å². The van der Waals surface area contributed by atoms with Crippen molar-refractivity contribution in [2.24, 2.45) is 0 Å². The molecule has 1 fully saturated rings. The summed E-state index contributed by atoms with van der Waals surface area (Å²) in [4.78, 5) is 20.9. The first kappa shape index (κ1) is 19.3. The van der Waals surface area contributed by atoms with Crippen LogP contribution in [0.1, 0.15) is 37.6 Å². The zero-order valence-electron chi connectivity index (χ0n) is 14.4. The average Bonchev–Trinajstić information content (AvgIpc) is 3.18. The molecule has 0 N–H and O–H groups in total. The third-order valence-corrected chi connectivity index (χ3v) is 3.96. The van der Waals surface area contributed by atoms with Crippen LogP contribution in [0.2, 0.25) is 0 Å². The molecule has 1 aliphatic rings. The molecule has 3 rings (SSSR count). The summed E-state index contributed by atoms with van der Waals surface area (Å²) in [5.74, 6) is -2.35. The SMILES string of the molecule is CCCON(Cc1ccc(-c2noc(C(F)(F)F)n2)cc1)C(=O)C1(F)CC1. The van der Waals surface area contributed by atoms with Gasteiger partial charge in [-0.15, -0.1) is 0 Å². The highest BCUT2D eigenvalue weighted by molar-refractivity contribution is 5.87. The summed E-state index contributed by atoms with van der Waals surface area (Å²) in [6, 6.07) is 6.13. The van der Waals surface area contributed by atoms with Gasteiger partial charge < -0.3 is 4.52 Å². The van der Waals surface area contributed by atoms with E-state index < -0.39 is 23.6 Å². The summed E-state index contributed by atoms with van der Waals surface area (Å²) in [7, 11) is 0. The molecule has 6 nitrogen and oxygen atoms in total.